The van der Waals surface area contributed by atoms with E-state index < -0.39 is 0 Å². The van der Waals surface area contributed by atoms with Crippen molar-refractivity contribution in [1.82, 2.24) is 5.43 Å². The molecule has 0 bridgehead atoms. The predicted molar refractivity (Wildman–Crippen MR) is 85.7 cm³/mol. The second-order valence-corrected chi connectivity index (χ2v) is 5.66. The van der Waals surface area contributed by atoms with Crippen LogP contribution in [-0.4, -0.2) is 16.8 Å². The summed E-state index contributed by atoms with van der Waals surface area (Å²) in [5.74, 6) is 1.11. The standard InChI is InChI=1S/C16H16N2O2S/c1-2-20-12-9-7-11(8-10-12)15-17-18-16(21-15)13-5-3-4-6-14(13)19/h3-10,15,17,19H,2H2,1H3. The van der Waals surface area contributed by atoms with Gasteiger partial charge >= 0.3 is 0 Å². The number of phenolic OH excluding ortho intramolecular Hbond substituents is 1. The van der Waals surface area contributed by atoms with Crippen molar-refractivity contribution in [3.63, 3.8) is 0 Å². The van der Waals surface area contributed by atoms with E-state index >= 15 is 0 Å². The van der Waals surface area contributed by atoms with E-state index in [0.29, 0.717) is 6.61 Å². The lowest BCUT2D eigenvalue weighted by molar-refractivity contribution is 0.340. The fraction of sp³-hybridized carbons (Fsp3) is 0.188. The summed E-state index contributed by atoms with van der Waals surface area (Å²) in [6.07, 6.45) is 0. The van der Waals surface area contributed by atoms with Gasteiger partial charge in [0.1, 0.15) is 21.9 Å². The van der Waals surface area contributed by atoms with Gasteiger partial charge < -0.3 is 9.84 Å². The lowest BCUT2D eigenvalue weighted by atomic mass is 10.2. The molecule has 0 aromatic heterocycles. The topological polar surface area (TPSA) is 53.8 Å². The van der Waals surface area contributed by atoms with Gasteiger partial charge in [-0.2, -0.15) is 5.10 Å². The maximum absolute atomic E-state index is 9.88. The van der Waals surface area contributed by atoms with E-state index in [2.05, 4.69) is 10.5 Å². The summed E-state index contributed by atoms with van der Waals surface area (Å²) in [6, 6.07) is 15.2. The molecule has 0 amide bonds. The number of nitrogens with zero attached hydrogens (tertiary/aromatic N) is 1. The number of rotatable bonds is 4. The number of ether oxygens (including phenoxy) is 1. The first-order chi connectivity index (χ1) is 10.3. The van der Waals surface area contributed by atoms with Crippen molar-refractivity contribution >= 4 is 16.8 Å². The number of aromatic hydroxyl groups is 1. The van der Waals surface area contributed by atoms with Gasteiger partial charge in [0.15, 0.2) is 0 Å². The zero-order valence-corrected chi connectivity index (χ0v) is 12.4. The zero-order valence-electron chi connectivity index (χ0n) is 11.6. The van der Waals surface area contributed by atoms with Crippen LogP contribution in [0.4, 0.5) is 0 Å². The number of para-hydroxylation sites is 1. The Balaban J connectivity index is 1.72. The van der Waals surface area contributed by atoms with Gasteiger partial charge in [-0.05, 0) is 36.8 Å². The molecule has 0 saturated carbocycles. The fourth-order valence-electron chi connectivity index (χ4n) is 2.11. The number of nitrogens with one attached hydrogen (secondary N) is 1. The van der Waals surface area contributed by atoms with E-state index in [-0.39, 0.29) is 11.1 Å². The van der Waals surface area contributed by atoms with Crippen LogP contribution in [0.1, 0.15) is 23.4 Å². The van der Waals surface area contributed by atoms with Gasteiger partial charge in [0, 0.05) is 0 Å². The Kier molecular flexibility index (Phi) is 4.01. The van der Waals surface area contributed by atoms with Crippen LogP contribution >= 0.6 is 11.8 Å². The number of hydrazone groups is 1. The summed E-state index contributed by atoms with van der Waals surface area (Å²) >= 11 is 1.59. The molecule has 2 aromatic carbocycles. The van der Waals surface area contributed by atoms with Gasteiger partial charge in [-0.3, -0.25) is 5.43 Å². The largest absolute Gasteiger partial charge is 0.507 e. The molecule has 0 saturated heterocycles. The number of phenols is 1. The summed E-state index contributed by atoms with van der Waals surface area (Å²) in [7, 11) is 0. The Morgan fingerprint density at radius 3 is 2.67 bits per heavy atom. The summed E-state index contributed by atoms with van der Waals surface area (Å²) in [6.45, 7) is 2.63. The molecule has 3 rings (SSSR count). The normalized spacial score (nSPS) is 17.2. The molecule has 0 radical (unpaired) electrons. The van der Waals surface area contributed by atoms with Crippen molar-refractivity contribution < 1.29 is 9.84 Å². The highest BCUT2D eigenvalue weighted by Crippen LogP contribution is 2.36. The third kappa shape index (κ3) is 2.97. The molecular formula is C16H16N2O2S. The number of hydrogen-bond donors (Lipinski definition) is 2. The minimum Gasteiger partial charge on any atom is -0.507 e. The van der Waals surface area contributed by atoms with Crippen LogP contribution in [0.15, 0.2) is 53.6 Å². The lowest BCUT2D eigenvalue weighted by Crippen LogP contribution is -2.06. The predicted octanol–water partition coefficient (Wildman–Crippen LogP) is 3.49. The summed E-state index contributed by atoms with van der Waals surface area (Å²) in [5, 5.41) is 15.1. The van der Waals surface area contributed by atoms with E-state index in [1.807, 2.05) is 43.3 Å². The molecule has 21 heavy (non-hydrogen) atoms. The number of benzene rings is 2. The first kappa shape index (κ1) is 13.8. The Bertz CT molecular complexity index is 656. The molecule has 0 aliphatic carbocycles. The fourth-order valence-corrected chi connectivity index (χ4v) is 3.13. The van der Waals surface area contributed by atoms with Crippen LogP contribution < -0.4 is 10.2 Å². The minimum absolute atomic E-state index is 0.0512. The minimum atomic E-state index is 0.0512. The van der Waals surface area contributed by atoms with Crippen molar-refractivity contribution in [3.8, 4) is 11.5 Å². The third-order valence-corrected chi connectivity index (χ3v) is 4.29. The highest BCUT2D eigenvalue weighted by Gasteiger charge is 2.23. The Morgan fingerprint density at radius 1 is 1.19 bits per heavy atom. The molecule has 1 aliphatic rings. The molecule has 1 heterocycles. The Labute approximate surface area is 127 Å². The second kappa shape index (κ2) is 6.10. The zero-order chi connectivity index (χ0) is 14.7. The molecule has 2 aromatic rings. The van der Waals surface area contributed by atoms with Crippen LogP contribution in [0, 0.1) is 0 Å². The van der Waals surface area contributed by atoms with Gasteiger partial charge in [0.25, 0.3) is 0 Å². The van der Waals surface area contributed by atoms with Crippen molar-refractivity contribution in [2.45, 2.75) is 12.3 Å². The van der Waals surface area contributed by atoms with Crippen molar-refractivity contribution in [2.75, 3.05) is 6.61 Å². The highest BCUT2D eigenvalue weighted by atomic mass is 32.2. The van der Waals surface area contributed by atoms with Gasteiger partial charge in [-0.15, -0.1) is 0 Å². The molecule has 1 unspecified atom stereocenters. The lowest BCUT2D eigenvalue weighted by Gasteiger charge is -2.10. The quantitative estimate of drug-likeness (QED) is 0.907. The monoisotopic (exact) mass is 300 g/mol. The first-order valence-electron chi connectivity index (χ1n) is 6.79. The Hall–Kier alpha value is -2.14. The smallest absolute Gasteiger partial charge is 0.129 e. The van der Waals surface area contributed by atoms with Crippen molar-refractivity contribution in [3.05, 3.63) is 59.7 Å². The van der Waals surface area contributed by atoms with Crippen molar-refractivity contribution in [1.29, 1.82) is 0 Å². The first-order valence-corrected chi connectivity index (χ1v) is 7.67. The number of hydrogen-bond acceptors (Lipinski definition) is 5. The maximum Gasteiger partial charge on any atom is 0.129 e. The molecule has 1 aliphatic heterocycles. The molecule has 0 fully saturated rings. The molecule has 5 heteroatoms. The van der Waals surface area contributed by atoms with E-state index in [4.69, 9.17) is 4.74 Å². The van der Waals surface area contributed by atoms with Crippen LogP contribution in [0.2, 0.25) is 0 Å². The average molecular weight is 300 g/mol. The van der Waals surface area contributed by atoms with Crippen LogP contribution in [0.25, 0.3) is 0 Å². The summed E-state index contributed by atoms with van der Waals surface area (Å²) in [4.78, 5) is 0. The third-order valence-electron chi connectivity index (χ3n) is 3.14. The second-order valence-electron chi connectivity index (χ2n) is 4.56. The van der Waals surface area contributed by atoms with Crippen LogP contribution in [0.3, 0.4) is 0 Å². The van der Waals surface area contributed by atoms with E-state index in [1.165, 1.54) is 0 Å². The van der Waals surface area contributed by atoms with Crippen LogP contribution in [-0.2, 0) is 0 Å². The average Bonchev–Trinajstić information content (AvgIpc) is 2.98. The molecular weight excluding hydrogens is 284 g/mol. The van der Waals surface area contributed by atoms with E-state index in [0.717, 1.165) is 21.9 Å². The summed E-state index contributed by atoms with van der Waals surface area (Å²) < 4.78 is 5.44. The molecule has 108 valence electrons. The molecule has 2 N–H and O–H groups in total. The maximum atomic E-state index is 9.88. The molecule has 4 nitrogen and oxygen atoms in total. The SMILES string of the molecule is CCOc1ccc(C2NN=C(c3ccccc3O)S2)cc1. The molecule has 0 spiro atoms. The van der Waals surface area contributed by atoms with E-state index in [9.17, 15) is 5.11 Å². The van der Waals surface area contributed by atoms with Gasteiger partial charge in [0.05, 0.1) is 12.2 Å². The number of thioether (sulfide) groups is 1. The van der Waals surface area contributed by atoms with E-state index in [1.54, 1.807) is 23.9 Å². The van der Waals surface area contributed by atoms with Gasteiger partial charge in [-0.25, -0.2) is 0 Å². The van der Waals surface area contributed by atoms with Crippen LogP contribution in [0.5, 0.6) is 11.5 Å². The van der Waals surface area contributed by atoms with Gasteiger partial charge in [-0.1, -0.05) is 36.0 Å². The summed E-state index contributed by atoms with van der Waals surface area (Å²) in [5.41, 5.74) is 4.98. The molecule has 1 atom stereocenters. The highest BCUT2D eigenvalue weighted by molar-refractivity contribution is 8.14. The Morgan fingerprint density at radius 2 is 1.95 bits per heavy atom. The van der Waals surface area contributed by atoms with Crippen molar-refractivity contribution in [2.24, 2.45) is 5.10 Å². The van der Waals surface area contributed by atoms with Gasteiger partial charge in [0.2, 0.25) is 0 Å².